The molecule has 1 aromatic carbocycles. The molecule has 8 heteroatoms. The Morgan fingerprint density at radius 1 is 1.00 bits per heavy atom. The number of nitriles is 1. The lowest BCUT2D eigenvalue weighted by Gasteiger charge is -2.35. The van der Waals surface area contributed by atoms with Crippen molar-refractivity contribution < 1.29 is 9.59 Å². The third-order valence-corrected chi connectivity index (χ3v) is 8.44. The van der Waals surface area contributed by atoms with Gasteiger partial charge in [0, 0.05) is 62.1 Å². The number of amides is 1. The van der Waals surface area contributed by atoms with Crippen molar-refractivity contribution in [2.45, 2.75) is 43.3 Å². The number of nitrogens with zero attached hydrogens (tertiary/aromatic N) is 5. The van der Waals surface area contributed by atoms with E-state index in [4.69, 9.17) is 5.26 Å². The molecule has 1 amide bonds. The number of fused-ring (bicyclic) bond motifs is 2. The standard InChI is InChI=1S/C31H30N6O2/c1-36-29(18-28(38)23-4-2-21(19-32)3-5-23)37(20-22-16-26-6-7-27(17-22)35-26)30(39)31(36,24-8-12-33-13-9-24)25-10-14-34-15-11-25/h2-5,8-15,18,22,26-27,35H,6-7,16-17,20H2,1H3. The van der Waals surface area contributed by atoms with Crippen molar-refractivity contribution in [1.29, 1.82) is 5.26 Å². The van der Waals surface area contributed by atoms with Gasteiger partial charge in [-0.3, -0.25) is 24.5 Å². The summed E-state index contributed by atoms with van der Waals surface area (Å²) in [5, 5.41) is 12.8. The van der Waals surface area contributed by atoms with E-state index in [1.54, 1.807) is 55.1 Å². The zero-order valence-electron chi connectivity index (χ0n) is 21.8. The molecule has 3 aliphatic rings. The quantitative estimate of drug-likeness (QED) is 0.393. The fourth-order valence-electron chi connectivity index (χ4n) is 6.63. The van der Waals surface area contributed by atoms with Gasteiger partial charge in [-0.05, 0) is 91.3 Å². The highest BCUT2D eigenvalue weighted by Gasteiger charge is 2.56. The number of rotatable bonds is 6. The van der Waals surface area contributed by atoms with Crippen LogP contribution in [0.5, 0.6) is 0 Å². The van der Waals surface area contributed by atoms with Crippen molar-refractivity contribution in [3.8, 4) is 6.07 Å². The largest absolute Gasteiger partial charge is 0.339 e. The Morgan fingerprint density at radius 3 is 2.10 bits per heavy atom. The normalized spacial score (nSPS) is 24.7. The topological polar surface area (TPSA) is 102 Å². The molecule has 3 aliphatic heterocycles. The Labute approximate surface area is 228 Å². The van der Waals surface area contributed by atoms with E-state index in [1.807, 2.05) is 41.1 Å². The van der Waals surface area contributed by atoms with Crippen LogP contribution in [0.1, 0.15) is 52.7 Å². The molecule has 3 saturated heterocycles. The van der Waals surface area contributed by atoms with E-state index in [2.05, 4.69) is 21.4 Å². The number of hydrogen-bond donors (Lipinski definition) is 1. The van der Waals surface area contributed by atoms with Crippen LogP contribution < -0.4 is 5.32 Å². The summed E-state index contributed by atoms with van der Waals surface area (Å²) >= 11 is 0. The number of pyridine rings is 2. The number of aromatic nitrogens is 2. The van der Waals surface area contributed by atoms with Gasteiger partial charge in [0.25, 0.3) is 5.91 Å². The van der Waals surface area contributed by atoms with Crippen molar-refractivity contribution in [1.82, 2.24) is 25.1 Å². The van der Waals surface area contributed by atoms with Gasteiger partial charge in [0.05, 0.1) is 11.6 Å². The lowest BCUT2D eigenvalue weighted by atomic mass is 9.82. The minimum Gasteiger partial charge on any atom is -0.339 e. The molecule has 0 aliphatic carbocycles. The number of hydrogen-bond acceptors (Lipinski definition) is 7. The first-order chi connectivity index (χ1) is 19.0. The summed E-state index contributed by atoms with van der Waals surface area (Å²) in [4.78, 5) is 40.4. The smallest absolute Gasteiger partial charge is 0.263 e. The molecule has 0 spiro atoms. The van der Waals surface area contributed by atoms with Crippen LogP contribution in [-0.4, -0.2) is 57.1 Å². The van der Waals surface area contributed by atoms with Crippen LogP contribution in [0, 0.1) is 17.2 Å². The molecule has 2 bridgehead atoms. The number of carbonyl (C=O) groups excluding carboxylic acids is 2. The van der Waals surface area contributed by atoms with Gasteiger partial charge in [-0.2, -0.15) is 5.26 Å². The van der Waals surface area contributed by atoms with E-state index < -0.39 is 5.54 Å². The molecule has 2 unspecified atom stereocenters. The van der Waals surface area contributed by atoms with Crippen LogP contribution in [-0.2, 0) is 10.3 Å². The molecule has 39 heavy (non-hydrogen) atoms. The number of likely N-dealkylation sites (N-methyl/N-ethyl adjacent to an activating group) is 1. The van der Waals surface area contributed by atoms with Crippen LogP contribution in [0.2, 0.25) is 0 Å². The Kier molecular flexibility index (Phi) is 6.45. The second-order valence-electron chi connectivity index (χ2n) is 10.7. The van der Waals surface area contributed by atoms with Crippen molar-refractivity contribution in [3.63, 3.8) is 0 Å². The average Bonchev–Trinajstić information content (AvgIpc) is 3.42. The molecular weight excluding hydrogens is 488 g/mol. The first-order valence-corrected chi connectivity index (χ1v) is 13.4. The lowest BCUT2D eigenvalue weighted by Crippen LogP contribution is -2.47. The van der Waals surface area contributed by atoms with Crippen LogP contribution in [0.4, 0.5) is 0 Å². The van der Waals surface area contributed by atoms with Crippen molar-refractivity contribution in [3.05, 3.63) is 107 Å². The molecule has 5 heterocycles. The fraction of sp³-hybridized carbons (Fsp3) is 0.323. The van der Waals surface area contributed by atoms with Crippen LogP contribution in [0.3, 0.4) is 0 Å². The Bertz CT molecular complexity index is 1400. The number of carbonyl (C=O) groups is 2. The maximum Gasteiger partial charge on any atom is 0.263 e. The lowest BCUT2D eigenvalue weighted by molar-refractivity contribution is -0.132. The van der Waals surface area contributed by atoms with E-state index in [0.29, 0.717) is 41.5 Å². The molecule has 3 fully saturated rings. The fourth-order valence-corrected chi connectivity index (χ4v) is 6.63. The second kappa shape index (κ2) is 10.1. The molecule has 6 rings (SSSR count). The number of nitrogens with one attached hydrogen (secondary N) is 1. The molecule has 2 atom stereocenters. The maximum absolute atomic E-state index is 14.7. The highest BCUT2D eigenvalue weighted by molar-refractivity contribution is 6.06. The first-order valence-electron chi connectivity index (χ1n) is 13.4. The molecular formula is C31H30N6O2. The maximum atomic E-state index is 14.7. The van der Waals surface area contributed by atoms with Gasteiger partial charge in [0.2, 0.25) is 0 Å². The summed E-state index contributed by atoms with van der Waals surface area (Å²) < 4.78 is 0. The van der Waals surface area contributed by atoms with Crippen LogP contribution in [0.25, 0.3) is 0 Å². The van der Waals surface area contributed by atoms with Gasteiger partial charge >= 0.3 is 0 Å². The monoisotopic (exact) mass is 518 g/mol. The highest BCUT2D eigenvalue weighted by atomic mass is 16.2. The number of piperidine rings is 1. The van der Waals surface area contributed by atoms with E-state index >= 15 is 0 Å². The number of allylic oxidation sites excluding steroid dienone is 1. The zero-order valence-corrected chi connectivity index (χ0v) is 21.8. The minimum atomic E-state index is -1.17. The highest BCUT2D eigenvalue weighted by Crippen LogP contribution is 2.46. The van der Waals surface area contributed by atoms with Crippen molar-refractivity contribution in [2.24, 2.45) is 5.92 Å². The SMILES string of the molecule is CN1C(=CC(=O)c2ccc(C#N)cc2)N(CC2CC3CCC(C2)N3)C(=O)C1(c1ccncc1)c1ccncc1. The molecule has 0 radical (unpaired) electrons. The summed E-state index contributed by atoms with van der Waals surface area (Å²) in [6, 6.07) is 17.1. The Hall–Kier alpha value is -4.35. The minimum absolute atomic E-state index is 0.0906. The van der Waals surface area contributed by atoms with Crippen LogP contribution >= 0.6 is 0 Å². The van der Waals surface area contributed by atoms with Crippen molar-refractivity contribution in [2.75, 3.05) is 13.6 Å². The van der Waals surface area contributed by atoms with Gasteiger partial charge in [-0.1, -0.05) is 0 Å². The number of benzene rings is 1. The third-order valence-electron chi connectivity index (χ3n) is 8.44. The summed E-state index contributed by atoms with van der Waals surface area (Å²) in [7, 11) is 1.88. The Balaban J connectivity index is 1.46. The van der Waals surface area contributed by atoms with Crippen molar-refractivity contribution >= 4 is 11.7 Å². The van der Waals surface area contributed by atoms with E-state index in [1.165, 1.54) is 12.8 Å². The third kappa shape index (κ3) is 4.29. The molecule has 0 saturated carbocycles. The summed E-state index contributed by atoms with van der Waals surface area (Å²) in [6.45, 7) is 0.544. The molecule has 196 valence electrons. The summed E-state index contributed by atoms with van der Waals surface area (Å²) in [5.74, 6) is 0.589. The van der Waals surface area contributed by atoms with Crippen LogP contribution in [0.15, 0.2) is 85.2 Å². The van der Waals surface area contributed by atoms with Gasteiger partial charge < -0.3 is 10.2 Å². The summed E-state index contributed by atoms with van der Waals surface area (Å²) in [5.41, 5.74) is 1.34. The molecule has 2 aromatic heterocycles. The predicted molar refractivity (Wildman–Crippen MR) is 145 cm³/mol. The predicted octanol–water partition coefficient (Wildman–Crippen LogP) is 3.62. The van der Waals surface area contributed by atoms with Gasteiger partial charge in [-0.15, -0.1) is 0 Å². The molecule has 1 N–H and O–H groups in total. The van der Waals surface area contributed by atoms with Gasteiger partial charge in [0.1, 0.15) is 5.82 Å². The van der Waals surface area contributed by atoms with E-state index in [9.17, 15) is 9.59 Å². The van der Waals surface area contributed by atoms with E-state index in [0.717, 1.165) is 24.0 Å². The molecule has 3 aromatic rings. The summed E-state index contributed by atoms with van der Waals surface area (Å²) in [6.07, 6.45) is 12.7. The Morgan fingerprint density at radius 2 is 1.56 bits per heavy atom. The van der Waals surface area contributed by atoms with Gasteiger partial charge in [0.15, 0.2) is 11.3 Å². The number of ketones is 1. The van der Waals surface area contributed by atoms with E-state index in [-0.39, 0.29) is 11.7 Å². The zero-order chi connectivity index (χ0) is 27.0. The second-order valence-corrected chi connectivity index (χ2v) is 10.7. The average molecular weight is 519 g/mol. The first kappa shape index (κ1) is 25.0. The van der Waals surface area contributed by atoms with Gasteiger partial charge in [-0.25, -0.2) is 0 Å². The molecule has 8 nitrogen and oxygen atoms in total.